The zero-order valence-corrected chi connectivity index (χ0v) is 7.96. The molecule has 0 aliphatic carbocycles. The Labute approximate surface area is 83.5 Å². The number of nitrogens with zero attached hydrogens (tertiary/aromatic N) is 1. The van der Waals surface area contributed by atoms with Crippen molar-refractivity contribution >= 4 is 0 Å². The summed E-state index contributed by atoms with van der Waals surface area (Å²) < 4.78 is 0. The second-order valence-electron chi connectivity index (χ2n) is 3.66. The second-order valence-corrected chi connectivity index (χ2v) is 3.66. The predicted octanol–water partition coefficient (Wildman–Crippen LogP) is 1.37. The van der Waals surface area contributed by atoms with Crippen molar-refractivity contribution in [2.24, 2.45) is 0 Å². The molecular weight excluding hydrogens is 174 g/mol. The highest BCUT2D eigenvalue weighted by Gasteiger charge is 2.21. The van der Waals surface area contributed by atoms with E-state index in [4.69, 9.17) is 0 Å². The molecule has 3 nitrogen and oxygen atoms in total. The third-order valence-corrected chi connectivity index (χ3v) is 2.74. The monoisotopic (exact) mass is 187 g/mol. The first-order valence-corrected chi connectivity index (χ1v) is 5.02. The fourth-order valence-corrected chi connectivity index (χ4v) is 2.04. The van der Waals surface area contributed by atoms with Gasteiger partial charge >= 0.3 is 0 Å². The first-order valence-electron chi connectivity index (χ1n) is 5.02. The number of allylic oxidation sites excluding steroid dienone is 3. The maximum atomic E-state index is 3.45. The van der Waals surface area contributed by atoms with Crippen LogP contribution in [0.1, 0.15) is 12.8 Å². The van der Waals surface area contributed by atoms with Crippen molar-refractivity contribution in [3.05, 3.63) is 47.8 Å². The van der Waals surface area contributed by atoms with Crippen LogP contribution in [-0.4, -0.2) is 11.4 Å². The lowest BCUT2D eigenvalue weighted by Gasteiger charge is -2.34. The fraction of sp³-hybridized carbons (Fsp3) is 0.273. The van der Waals surface area contributed by atoms with Crippen molar-refractivity contribution in [2.45, 2.75) is 12.8 Å². The molecule has 0 radical (unpaired) electrons. The summed E-state index contributed by atoms with van der Waals surface area (Å²) in [6.45, 7) is 1.08. The van der Waals surface area contributed by atoms with Crippen LogP contribution in [0.3, 0.4) is 0 Å². The van der Waals surface area contributed by atoms with Crippen molar-refractivity contribution in [3.8, 4) is 0 Å². The molecule has 0 saturated heterocycles. The van der Waals surface area contributed by atoms with Crippen LogP contribution in [0.4, 0.5) is 0 Å². The van der Waals surface area contributed by atoms with Crippen LogP contribution in [0.15, 0.2) is 47.8 Å². The number of rotatable bonds is 0. The molecule has 3 heteroatoms. The molecule has 0 amide bonds. The molecule has 3 aliphatic heterocycles. The van der Waals surface area contributed by atoms with E-state index in [1.165, 1.54) is 29.9 Å². The average molecular weight is 187 g/mol. The van der Waals surface area contributed by atoms with Crippen molar-refractivity contribution in [3.63, 3.8) is 0 Å². The van der Waals surface area contributed by atoms with E-state index in [0.717, 1.165) is 6.54 Å². The van der Waals surface area contributed by atoms with Crippen molar-refractivity contribution in [1.29, 1.82) is 0 Å². The Morgan fingerprint density at radius 3 is 3.29 bits per heavy atom. The number of nitrogens with one attached hydrogen (secondary N) is 2. The molecule has 0 spiro atoms. The smallest absolute Gasteiger partial charge is 0.113 e. The zero-order valence-electron chi connectivity index (χ0n) is 7.96. The van der Waals surface area contributed by atoms with Crippen LogP contribution < -0.4 is 10.6 Å². The summed E-state index contributed by atoms with van der Waals surface area (Å²) in [6.07, 6.45) is 12.8. The Morgan fingerprint density at radius 2 is 2.29 bits per heavy atom. The van der Waals surface area contributed by atoms with Gasteiger partial charge in [0.1, 0.15) is 5.82 Å². The molecule has 0 atom stereocenters. The SMILES string of the molecule is C1=CN2C(=CN1)C=CC1=C2NCCC1. The lowest BCUT2D eigenvalue weighted by molar-refractivity contribution is 0.471. The van der Waals surface area contributed by atoms with Gasteiger partial charge in [0.05, 0.1) is 5.70 Å². The Kier molecular flexibility index (Phi) is 1.63. The van der Waals surface area contributed by atoms with Crippen LogP contribution in [0, 0.1) is 0 Å². The summed E-state index contributed by atoms with van der Waals surface area (Å²) in [6, 6.07) is 0. The quantitative estimate of drug-likeness (QED) is 0.599. The topological polar surface area (TPSA) is 27.3 Å². The summed E-state index contributed by atoms with van der Waals surface area (Å²) in [5.74, 6) is 1.25. The summed E-state index contributed by atoms with van der Waals surface area (Å²) in [4.78, 5) is 2.20. The second kappa shape index (κ2) is 2.94. The van der Waals surface area contributed by atoms with Gasteiger partial charge in [0.2, 0.25) is 0 Å². The molecule has 0 aromatic heterocycles. The van der Waals surface area contributed by atoms with E-state index in [2.05, 4.69) is 33.9 Å². The predicted molar refractivity (Wildman–Crippen MR) is 55.6 cm³/mol. The van der Waals surface area contributed by atoms with Gasteiger partial charge in [-0.3, -0.25) is 0 Å². The first kappa shape index (κ1) is 7.74. The molecular formula is C11H13N3. The van der Waals surface area contributed by atoms with E-state index in [0.29, 0.717) is 0 Å². The Balaban J connectivity index is 2.03. The third-order valence-electron chi connectivity index (χ3n) is 2.74. The molecule has 3 rings (SSSR count). The molecule has 0 fully saturated rings. The lowest BCUT2D eigenvalue weighted by Crippen LogP contribution is -2.35. The van der Waals surface area contributed by atoms with Crippen molar-refractivity contribution in [2.75, 3.05) is 6.54 Å². The number of hydrogen-bond donors (Lipinski definition) is 2. The average Bonchev–Trinajstić information content (AvgIpc) is 2.29. The number of hydrogen-bond acceptors (Lipinski definition) is 3. The number of fused-ring (bicyclic) bond motifs is 2. The molecule has 3 heterocycles. The standard InChI is InChI=1S/C11H13N3/c1-2-9-3-4-10-8-12-6-7-14(10)11(9)13-5-1/h3-4,6-8,12-13H,1-2,5H2. The van der Waals surface area contributed by atoms with Crippen LogP contribution in [0.2, 0.25) is 0 Å². The van der Waals surface area contributed by atoms with Crippen LogP contribution in [0.25, 0.3) is 0 Å². The van der Waals surface area contributed by atoms with Crippen LogP contribution >= 0.6 is 0 Å². The summed E-state index contributed by atoms with van der Waals surface area (Å²) in [5.41, 5.74) is 2.61. The Morgan fingerprint density at radius 1 is 1.29 bits per heavy atom. The van der Waals surface area contributed by atoms with Gasteiger partial charge in [0, 0.05) is 25.1 Å². The molecule has 3 aliphatic rings. The lowest BCUT2D eigenvalue weighted by atomic mass is 10.0. The Hall–Kier alpha value is -1.64. The van der Waals surface area contributed by atoms with E-state index >= 15 is 0 Å². The highest BCUT2D eigenvalue weighted by atomic mass is 15.3. The van der Waals surface area contributed by atoms with Gasteiger partial charge in [-0.2, -0.15) is 0 Å². The normalized spacial score (nSPS) is 23.4. The van der Waals surface area contributed by atoms with Gasteiger partial charge in [0.15, 0.2) is 0 Å². The molecule has 0 saturated carbocycles. The van der Waals surface area contributed by atoms with E-state index in [9.17, 15) is 0 Å². The molecule has 14 heavy (non-hydrogen) atoms. The van der Waals surface area contributed by atoms with E-state index < -0.39 is 0 Å². The van der Waals surface area contributed by atoms with Gasteiger partial charge in [-0.05, 0) is 24.5 Å². The Bertz CT molecular complexity index is 374. The van der Waals surface area contributed by atoms with Gasteiger partial charge in [-0.15, -0.1) is 0 Å². The fourth-order valence-electron chi connectivity index (χ4n) is 2.04. The van der Waals surface area contributed by atoms with E-state index in [1.54, 1.807) is 0 Å². The van der Waals surface area contributed by atoms with Gasteiger partial charge < -0.3 is 15.5 Å². The van der Waals surface area contributed by atoms with Crippen LogP contribution in [-0.2, 0) is 0 Å². The zero-order chi connectivity index (χ0) is 9.38. The van der Waals surface area contributed by atoms with Crippen molar-refractivity contribution in [1.82, 2.24) is 15.5 Å². The van der Waals surface area contributed by atoms with Gasteiger partial charge in [-0.1, -0.05) is 6.08 Å². The summed E-state index contributed by atoms with van der Waals surface area (Å²) in [7, 11) is 0. The molecule has 0 unspecified atom stereocenters. The maximum Gasteiger partial charge on any atom is 0.113 e. The third kappa shape index (κ3) is 1.05. The molecule has 0 bridgehead atoms. The molecule has 2 N–H and O–H groups in total. The van der Waals surface area contributed by atoms with Gasteiger partial charge in [-0.25, -0.2) is 0 Å². The highest BCUT2D eigenvalue weighted by Crippen LogP contribution is 2.28. The summed E-state index contributed by atoms with van der Waals surface area (Å²) in [5, 5.41) is 6.55. The largest absolute Gasteiger partial charge is 0.371 e. The van der Waals surface area contributed by atoms with E-state index in [1.807, 2.05) is 12.4 Å². The molecule has 0 aromatic carbocycles. The van der Waals surface area contributed by atoms with E-state index in [-0.39, 0.29) is 0 Å². The highest BCUT2D eigenvalue weighted by molar-refractivity contribution is 5.41. The first-order chi connectivity index (χ1) is 6.95. The van der Waals surface area contributed by atoms with Crippen molar-refractivity contribution < 1.29 is 0 Å². The minimum absolute atomic E-state index is 1.08. The summed E-state index contributed by atoms with van der Waals surface area (Å²) >= 11 is 0. The minimum Gasteiger partial charge on any atom is -0.371 e. The van der Waals surface area contributed by atoms with Crippen LogP contribution in [0.5, 0.6) is 0 Å². The molecule has 0 aromatic rings. The minimum atomic E-state index is 1.08. The van der Waals surface area contributed by atoms with Gasteiger partial charge in [0.25, 0.3) is 0 Å². The molecule has 72 valence electrons. The maximum absolute atomic E-state index is 3.45.